The molecule has 3 N–H and O–H groups in total. The molecule has 29 heavy (non-hydrogen) atoms. The fourth-order valence-corrected chi connectivity index (χ4v) is 7.67. The molecular weight excluding hydrogens is 391 g/mol. The number of hydrogen-bond acceptors (Lipinski definition) is 2. The number of halogens is 2. The summed E-state index contributed by atoms with van der Waals surface area (Å²) in [4.78, 5) is 25.8. The monoisotopic (exact) mass is 418 g/mol. The molecule has 4 nitrogen and oxygen atoms in total. The Morgan fingerprint density at radius 2 is 1.76 bits per heavy atom. The first-order valence-corrected chi connectivity index (χ1v) is 11.3. The molecule has 156 valence electrons. The van der Waals surface area contributed by atoms with Crippen molar-refractivity contribution >= 4 is 23.4 Å². The van der Waals surface area contributed by atoms with Crippen LogP contribution in [0.15, 0.2) is 18.2 Å². The summed E-state index contributed by atoms with van der Waals surface area (Å²) in [5.41, 5.74) is 5.50. The van der Waals surface area contributed by atoms with Gasteiger partial charge in [-0.25, -0.2) is 4.39 Å². The average Bonchev–Trinajstić information content (AvgIpc) is 3.14. The Balaban J connectivity index is 1.42. The minimum atomic E-state index is -0.680. The molecule has 4 bridgehead atoms. The van der Waals surface area contributed by atoms with Crippen molar-refractivity contribution in [2.24, 2.45) is 28.9 Å². The topological polar surface area (TPSA) is 72.2 Å². The maximum Gasteiger partial charge on any atom is 0.230 e. The molecule has 5 aliphatic rings. The number of amides is 2. The van der Waals surface area contributed by atoms with Gasteiger partial charge in [-0.1, -0.05) is 30.5 Å². The van der Waals surface area contributed by atoms with Crippen molar-refractivity contribution in [3.63, 3.8) is 0 Å². The Labute approximate surface area is 175 Å². The van der Waals surface area contributed by atoms with Crippen LogP contribution in [0.1, 0.15) is 63.4 Å². The largest absolute Gasteiger partial charge is 0.369 e. The number of carbonyl (C=O) groups excluding carboxylic acids is 2. The van der Waals surface area contributed by atoms with Crippen LogP contribution in [0.2, 0.25) is 5.02 Å². The van der Waals surface area contributed by atoms with E-state index in [1.54, 1.807) is 6.07 Å². The highest BCUT2D eigenvalue weighted by Crippen LogP contribution is 2.60. The van der Waals surface area contributed by atoms with Gasteiger partial charge in [0.1, 0.15) is 5.82 Å². The second kappa shape index (κ2) is 6.69. The standard InChI is InChI=1S/C23H28ClFN2O2/c24-18-9-16(25)3-4-17(18)23(5-1-2-6-23)21(29)27-19-14-7-13-8-15(19)12-22(10-13,11-14)20(26)28/h3-4,9,13-15,19H,1-2,5-8,10-12H2,(H2,26,28)(H,27,29)/t13?,14-,15+,19?,22?. The zero-order chi connectivity index (χ0) is 20.4. The third-order valence-corrected chi connectivity index (χ3v) is 8.74. The van der Waals surface area contributed by atoms with Crippen molar-refractivity contribution < 1.29 is 14.0 Å². The van der Waals surface area contributed by atoms with E-state index >= 15 is 0 Å². The van der Waals surface area contributed by atoms with Gasteiger partial charge in [-0.3, -0.25) is 9.59 Å². The predicted octanol–water partition coefficient (Wildman–Crippen LogP) is 4.09. The van der Waals surface area contributed by atoms with Crippen LogP contribution in [0.3, 0.4) is 0 Å². The number of nitrogens with one attached hydrogen (secondary N) is 1. The van der Waals surface area contributed by atoms with E-state index in [1.165, 1.54) is 12.1 Å². The number of nitrogens with two attached hydrogens (primary N) is 1. The van der Waals surface area contributed by atoms with Gasteiger partial charge in [0.2, 0.25) is 11.8 Å². The van der Waals surface area contributed by atoms with Gasteiger partial charge in [0.25, 0.3) is 0 Å². The molecule has 6 heteroatoms. The molecule has 5 fully saturated rings. The Bertz CT molecular complexity index is 850. The van der Waals surface area contributed by atoms with Crippen molar-refractivity contribution in [3.05, 3.63) is 34.6 Å². The van der Waals surface area contributed by atoms with E-state index in [9.17, 15) is 14.0 Å². The van der Waals surface area contributed by atoms with E-state index in [1.807, 2.05) is 0 Å². The first kappa shape index (κ1) is 19.3. The quantitative estimate of drug-likeness (QED) is 0.773. The Morgan fingerprint density at radius 1 is 1.10 bits per heavy atom. The normalized spacial score (nSPS) is 36.9. The Morgan fingerprint density at radius 3 is 2.34 bits per heavy atom. The van der Waals surface area contributed by atoms with Crippen LogP contribution in [-0.2, 0) is 15.0 Å². The number of carbonyl (C=O) groups is 2. The maximum absolute atomic E-state index is 13.7. The van der Waals surface area contributed by atoms with Gasteiger partial charge in [0, 0.05) is 16.5 Å². The van der Waals surface area contributed by atoms with Gasteiger partial charge >= 0.3 is 0 Å². The fraction of sp³-hybridized carbons (Fsp3) is 0.652. The number of benzene rings is 1. The average molecular weight is 419 g/mol. The highest BCUT2D eigenvalue weighted by molar-refractivity contribution is 6.31. The summed E-state index contributed by atoms with van der Waals surface area (Å²) in [6.07, 6.45) is 8.05. The third-order valence-electron chi connectivity index (χ3n) is 8.43. The predicted molar refractivity (Wildman–Crippen MR) is 109 cm³/mol. The lowest BCUT2D eigenvalue weighted by Gasteiger charge is -2.59. The van der Waals surface area contributed by atoms with E-state index in [4.69, 9.17) is 17.3 Å². The molecule has 1 aromatic rings. The first-order chi connectivity index (χ1) is 13.8. The second-order valence-electron chi connectivity index (χ2n) is 10.0. The molecule has 2 amide bonds. The minimum Gasteiger partial charge on any atom is -0.369 e. The van der Waals surface area contributed by atoms with Crippen LogP contribution < -0.4 is 11.1 Å². The molecule has 0 aromatic heterocycles. The SMILES string of the molecule is NC(=O)C12CC3C[C@H](C1)C(NC(=O)C1(c4ccc(F)cc4Cl)CCCC1)[C@@H](C3)C2. The summed E-state index contributed by atoms with van der Waals surface area (Å²) in [5.74, 6) is 0.672. The smallest absolute Gasteiger partial charge is 0.230 e. The van der Waals surface area contributed by atoms with E-state index in [-0.39, 0.29) is 29.1 Å². The van der Waals surface area contributed by atoms with Crippen molar-refractivity contribution in [1.29, 1.82) is 0 Å². The van der Waals surface area contributed by atoms with Crippen LogP contribution in [-0.4, -0.2) is 17.9 Å². The molecule has 0 spiro atoms. The zero-order valence-electron chi connectivity index (χ0n) is 16.6. The van der Waals surface area contributed by atoms with E-state index in [0.29, 0.717) is 22.8 Å². The van der Waals surface area contributed by atoms with Crippen molar-refractivity contribution in [2.45, 2.75) is 69.2 Å². The maximum atomic E-state index is 13.7. The van der Waals surface area contributed by atoms with Gasteiger partial charge in [-0.05, 0) is 80.4 Å². The van der Waals surface area contributed by atoms with Crippen molar-refractivity contribution in [2.75, 3.05) is 0 Å². The lowest BCUT2D eigenvalue weighted by atomic mass is 9.47. The highest BCUT2D eigenvalue weighted by Gasteiger charge is 2.58. The van der Waals surface area contributed by atoms with Crippen molar-refractivity contribution in [3.8, 4) is 0 Å². The van der Waals surface area contributed by atoms with Crippen LogP contribution >= 0.6 is 11.6 Å². The summed E-state index contributed by atoms with van der Waals surface area (Å²) < 4.78 is 13.6. The van der Waals surface area contributed by atoms with E-state index in [2.05, 4.69) is 5.32 Å². The zero-order valence-corrected chi connectivity index (χ0v) is 17.3. The van der Waals surface area contributed by atoms with Crippen molar-refractivity contribution in [1.82, 2.24) is 5.32 Å². The van der Waals surface area contributed by atoms with Gasteiger partial charge in [-0.15, -0.1) is 0 Å². The second-order valence-corrected chi connectivity index (χ2v) is 10.4. The molecule has 5 aliphatic carbocycles. The molecule has 5 atom stereocenters. The van der Waals surface area contributed by atoms with Gasteiger partial charge < -0.3 is 11.1 Å². The molecule has 5 saturated carbocycles. The third kappa shape index (κ3) is 2.91. The number of hydrogen-bond donors (Lipinski definition) is 2. The number of rotatable bonds is 4. The summed E-state index contributed by atoms with van der Waals surface area (Å²) >= 11 is 6.39. The fourth-order valence-electron chi connectivity index (χ4n) is 7.33. The van der Waals surface area contributed by atoms with Gasteiger partial charge in [-0.2, -0.15) is 0 Å². The van der Waals surface area contributed by atoms with Crippen LogP contribution in [0.5, 0.6) is 0 Å². The first-order valence-electron chi connectivity index (χ1n) is 10.9. The lowest BCUT2D eigenvalue weighted by molar-refractivity contribution is -0.148. The molecule has 0 radical (unpaired) electrons. The van der Waals surface area contributed by atoms with Crippen LogP contribution in [0.25, 0.3) is 0 Å². The molecule has 0 aliphatic heterocycles. The minimum absolute atomic E-state index is 0.0223. The van der Waals surface area contributed by atoms with E-state index < -0.39 is 5.41 Å². The Hall–Kier alpha value is -1.62. The van der Waals surface area contributed by atoms with Gasteiger partial charge in [0.15, 0.2) is 0 Å². The van der Waals surface area contributed by atoms with E-state index in [0.717, 1.165) is 63.4 Å². The molecular formula is C23H28ClFN2O2. The molecule has 3 unspecified atom stereocenters. The molecule has 0 heterocycles. The van der Waals surface area contributed by atoms with Gasteiger partial charge in [0.05, 0.1) is 5.41 Å². The summed E-state index contributed by atoms with van der Waals surface area (Å²) in [5, 5.41) is 3.73. The molecule has 1 aromatic carbocycles. The highest BCUT2D eigenvalue weighted by atomic mass is 35.5. The molecule has 0 saturated heterocycles. The summed E-state index contributed by atoms with van der Waals surface area (Å²) in [6.45, 7) is 0. The summed E-state index contributed by atoms with van der Waals surface area (Å²) in [7, 11) is 0. The van der Waals surface area contributed by atoms with Crippen LogP contribution in [0.4, 0.5) is 4.39 Å². The lowest BCUT2D eigenvalue weighted by Crippen LogP contribution is -2.63. The van der Waals surface area contributed by atoms with Crippen LogP contribution in [0, 0.1) is 29.0 Å². The Kier molecular flexibility index (Phi) is 4.47. The summed E-state index contributed by atoms with van der Waals surface area (Å²) in [6, 6.07) is 4.49. The number of primary amides is 1. The molecule has 6 rings (SSSR count).